The number of aromatic nitrogens is 3. The zero-order valence-electron chi connectivity index (χ0n) is 16.2. The number of allylic oxidation sites excluding steroid dienone is 4. The molecule has 2 aromatic heterocycles. The fourth-order valence-corrected chi connectivity index (χ4v) is 4.00. The minimum atomic E-state index is -0.523. The number of fused-ring (bicyclic) bond motifs is 1. The number of carbonyl (C=O) groups excluding carboxylic acids is 1. The maximum absolute atomic E-state index is 13.3. The van der Waals surface area contributed by atoms with E-state index in [1.165, 1.54) is 7.11 Å². The molecule has 0 radical (unpaired) electrons. The van der Waals surface area contributed by atoms with Crippen LogP contribution in [0.15, 0.2) is 42.5 Å². The van der Waals surface area contributed by atoms with Crippen molar-refractivity contribution in [2.24, 2.45) is 11.3 Å². The maximum Gasteiger partial charge on any atom is 0.237 e. The van der Waals surface area contributed by atoms with Gasteiger partial charge in [-0.15, -0.1) is 0 Å². The lowest BCUT2D eigenvalue weighted by Gasteiger charge is -2.26. The normalized spacial score (nSPS) is 20.5. The molecule has 3 heterocycles. The summed E-state index contributed by atoms with van der Waals surface area (Å²) in [5.74, 6) is 1.28. The Labute approximate surface area is 168 Å². The molecule has 144 valence electrons. The van der Waals surface area contributed by atoms with E-state index in [0.29, 0.717) is 11.4 Å². The van der Waals surface area contributed by atoms with E-state index in [4.69, 9.17) is 16.3 Å². The van der Waals surface area contributed by atoms with Gasteiger partial charge in [0, 0.05) is 35.6 Å². The Morgan fingerprint density at radius 1 is 1.21 bits per heavy atom. The fourth-order valence-electron chi connectivity index (χ4n) is 3.82. The monoisotopic (exact) mass is 396 g/mol. The van der Waals surface area contributed by atoms with Gasteiger partial charge in [-0.3, -0.25) is 9.69 Å². The Bertz CT molecular complexity index is 1010. The number of aryl methyl sites for hydroxylation is 1. The number of halogens is 1. The van der Waals surface area contributed by atoms with Crippen LogP contribution in [0, 0.1) is 18.3 Å². The van der Waals surface area contributed by atoms with E-state index in [2.05, 4.69) is 27.1 Å². The molecule has 7 heteroatoms. The smallest absolute Gasteiger partial charge is 0.237 e. The van der Waals surface area contributed by atoms with Crippen LogP contribution in [-0.4, -0.2) is 28.0 Å². The zero-order valence-corrected chi connectivity index (χ0v) is 17.0. The van der Waals surface area contributed by atoms with Gasteiger partial charge in [0.05, 0.1) is 24.4 Å². The first-order chi connectivity index (χ1) is 13.3. The highest BCUT2D eigenvalue weighted by atomic mass is 35.5. The summed E-state index contributed by atoms with van der Waals surface area (Å²) in [5, 5.41) is 0.267. The molecule has 0 aromatic carbocycles. The van der Waals surface area contributed by atoms with Gasteiger partial charge in [-0.25, -0.2) is 15.0 Å². The molecular formula is C21H21ClN4O2. The third-order valence-electron chi connectivity index (χ3n) is 5.50. The summed E-state index contributed by atoms with van der Waals surface area (Å²) in [4.78, 5) is 27.8. The summed E-state index contributed by atoms with van der Waals surface area (Å²) < 4.78 is 5.29. The minimum Gasteiger partial charge on any atom is -0.493 e. The van der Waals surface area contributed by atoms with Gasteiger partial charge in [-0.2, -0.15) is 0 Å². The van der Waals surface area contributed by atoms with E-state index in [1.54, 1.807) is 17.2 Å². The predicted molar refractivity (Wildman–Crippen MR) is 108 cm³/mol. The van der Waals surface area contributed by atoms with Crippen LogP contribution in [0.3, 0.4) is 0 Å². The fraction of sp³-hybridized carbons (Fsp3) is 0.333. The number of hydrogen-bond acceptors (Lipinski definition) is 5. The number of amides is 1. The third kappa shape index (κ3) is 2.88. The molecule has 1 fully saturated rings. The largest absolute Gasteiger partial charge is 0.493 e. The summed E-state index contributed by atoms with van der Waals surface area (Å²) in [6.45, 7) is 5.83. The van der Waals surface area contributed by atoms with Crippen molar-refractivity contribution in [1.82, 2.24) is 15.0 Å². The molecule has 1 amide bonds. The number of ether oxygens (including phenoxy) is 1. The highest BCUT2D eigenvalue weighted by Gasteiger charge is 2.51. The minimum absolute atomic E-state index is 0.0322. The van der Waals surface area contributed by atoms with Gasteiger partial charge in [0.15, 0.2) is 10.9 Å². The highest BCUT2D eigenvalue weighted by molar-refractivity contribution is 6.30. The third-order valence-corrected chi connectivity index (χ3v) is 5.79. The van der Waals surface area contributed by atoms with Crippen LogP contribution in [0.5, 0.6) is 5.75 Å². The number of rotatable bonds is 3. The van der Waals surface area contributed by atoms with Crippen molar-refractivity contribution in [3.05, 3.63) is 59.0 Å². The number of hydrogen-bond donors (Lipinski definition) is 0. The van der Waals surface area contributed by atoms with Crippen LogP contribution in [0.1, 0.15) is 31.7 Å². The van der Waals surface area contributed by atoms with Gasteiger partial charge < -0.3 is 4.74 Å². The predicted octanol–water partition coefficient (Wildman–Crippen LogP) is 4.20. The highest BCUT2D eigenvalue weighted by Crippen LogP contribution is 2.50. The molecule has 0 saturated carbocycles. The average molecular weight is 397 g/mol. The molecule has 0 bridgehead atoms. The first-order valence-corrected chi connectivity index (χ1v) is 9.45. The quantitative estimate of drug-likeness (QED) is 0.727. The van der Waals surface area contributed by atoms with Crippen molar-refractivity contribution in [2.45, 2.75) is 27.2 Å². The second kappa shape index (κ2) is 6.71. The second-order valence-electron chi connectivity index (χ2n) is 7.58. The molecule has 0 N–H and O–H groups in total. The lowest BCUT2D eigenvalue weighted by molar-refractivity contribution is -0.125. The van der Waals surface area contributed by atoms with Crippen LogP contribution in [0.4, 0.5) is 5.69 Å². The van der Waals surface area contributed by atoms with Crippen LogP contribution in [-0.2, 0) is 4.79 Å². The summed E-state index contributed by atoms with van der Waals surface area (Å²) in [7, 11) is 1.53. The Hall–Kier alpha value is -2.73. The van der Waals surface area contributed by atoms with E-state index in [1.807, 2.05) is 33.2 Å². The van der Waals surface area contributed by atoms with Gasteiger partial charge in [-0.1, -0.05) is 31.5 Å². The van der Waals surface area contributed by atoms with Crippen molar-refractivity contribution < 1.29 is 9.53 Å². The van der Waals surface area contributed by atoms with Crippen LogP contribution in [0.25, 0.3) is 5.57 Å². The lowest BCUT2D eigenvalue weighted by Crippen LogP contribution is -2.31. The number of anilines is 1. The zero-order chi connectivity index (χ0) is 20.1. The maximum atomic E-state index is 13.3. The Morgan fingerprint density at radius 3 is 2.61 bits per heavy atom. The first-order valence-electron chi connectivity index (χ1n) is 9.07. The molecule has 1 unspecified atom stereocenters. The summed E-state index contributed by atoms with van der Waals surface area (Å²) >= 11 is 6.07. The molecule has 2 aliphatic rings. The molecule has 2 aromatic rings. The van der Waals surface area contributed by atoms with E-state index in [-0.39, 0.29) is 17.0 Å². The second-order valence-corrected chi connectivity index (χ2v) is 7.94. The molecule has 0 spiro atoms. The van der Waals surface area contributed by atoms with Crippen molar-refractivity contribution >= 4 is 28.8 Å². The molecule has 28 heavy (non-hydrogen) atoms. The summed E-state index contributed by atoms with van der Waals surface area (Å²) in [6, 6.07) is 1.75. The van der Waals surface area contributed by atoms with Gasteiger partial charge in [0.2, 0.25) is 5.91 Å². The van der Waals surface area contributed by atoms with E-state index in [9.17, 15) is 4.79 Å². The van der Waals surface area contributed by atoms with Gasteiger partial charge >= 0.3 is 0 Å². The SMILES string of the molecule is COc1cc(N2C(=O)C(C)(C)C3CC=C(c4cnc(C)nc4)C=C32)cnc1Cl. The molecule has 4 rings (SSSR count). The van der Waals surface area contributed by atoms with Crippen LogP contribution >= 0.6 is 11.6 Å². The van der Waals surface area contributed by atoms with Crippen molar-refractivity contribution in [1.29, 1.82) is 0 Å². The van der Waals surface area contributed by atoms with Crippen molar-refractivity contribution in [3.8, 4) is 5.75 Å². The lowest BCUT2D eigenvalue weighted by atomic mass is 9.75. The average Bonchev–Trinajstić information content (AvgIpc) is 2.88. The number of methoxy groups -OCH3 is 1. The Balaban J connectivity index is 1.81. The van der Waals surface area contributed by atoms with Gasteiger partial charge in [0.25, 0.3) is 0 Å². The molecular weight excluding hydrogens is 376 g/mol. The number of nitrogens with zero attached hydrogens (tertiary/aromatic N) is 4. The van der Waals surface area contributed by atoms with Gasteiger partial charge in [-0.05, 0) is 25.0 Å². The first kappa shape index (κ1) is 18.6. The summed E-state index contributed by atoms with van der Waals surface area (Å²) in [6.07, 6.45) is 10.2. The van der Waals surface area contributed by atoms with Crippen LogP contribution < -0.4 is 9.64 Å². The number of carbonyl (C=O) groups is 1. The van der Waals surface area contributed by atoms with Crippen molar-refractivity contribution in [2.75, 3.05) is 12.0 Å². The Morgan fingerprint density at radius 2 is 1.93 bits per heavy atom. The van der Waals surface area contributed by atoms with Gasteiger partial charge in [0.1, 0.15) is 5.82 Å². The van der Waals surface area contributed by atoms with Crippen molar-refractivity contribution in [3.63, 3.8) is 0 Å². The van der Waals surface area contributed by atoms with E-state index < -0.39 is 5.41 Å². The molecule has 1 aliphatic carbocycles. The van der Waals surface area contributed by atoms with E-state index in [0.717, 1.165) is 29.1 Å². The molecule has 1 atom stereocenters. The topological polar surface area (TPSA) is 68.2 Å². The molecule has 1 saturated heterocycles. The standard InChI is InChI=1S/C21H21ClN4O2/c1-12-23-9-14(10-24-12)13-5-6-16-17(7-13)26(20(27)21(16,2)3)15-8-18(28-4)19(22)25-11-15/h5,7-11,16H,6H2,1-4H3. The van der Waals surface area contributed by atoms with Crippen LogP contribution in [0.2, 0.25) is 5.15 Å². The molecule has 6 nitrogen and oxygen atoms in total. The summed E-state index contributed by atoms with van der Waals surface area (Å²) in [5.41, 5.74) is 3.01. The number of pyridine rings is 1. The Kier molecular flexibility index (Phi) is 4.46. The molecule has 1 aliphatic heterocycles. The van der Waals surface area contributed by atoms with E-state index >= 15 is 0 Å².